The van der Waals surface area contributed by atoms with Crippen molar-refractivity contribution in [3.63, 3.8) is 0 Å². The Hall–Kier alpha value is -1.73. The van der Waals surface area contributed by atoms with Crippen LogP contribution in [-0.2, 0) is 7.05 Å². The van der Waals surface area contributed by atoms with Crippen molar-refractivity contribution in [1.29, 1.82) is 5.26 Å². The first-order chi connectivity index (χ1) is 8.58. The number of hydrogen-bond acceptors (Lipinski definition) is 2. The van der Waals surface area contributed by atoms with Gasteiger partial charge in [0.15, 0.2) is 0 Å². The van der Waals surface area contributed by atoms with Crippen molar-refractivity contribution in [1.82, 2.24) is 4.57 Å². The topological polar surface area (TPSA) is 37.9 Å². The van der Waals surface area contributed by atoms with Crippen LogP contribution in [0.25, 0.3) is 11.3 Å². The Balaban J connectivity index is 2.56. The van der Waals surface area contributed by atoms with Gasteiger partial charge in [-0.3, -0.25) is 0 Å². The van der Waals surface area contributed by atoms with Crippen LogP contribution in [0.3, 0.4) is 0 Å². The summed E-state index contributed by atoms with van der Waals surface area (Å²) in [6.45, 7) is 1.95. The number of benzene rings is 1. The van der Waals surface area contributed by atoms with Gasteiger partial charge in [-0.05, 0) is 52.7 Å². The fourth-order valence-electron chi connectivity index (χ4n) is 1.92. The van der Waals surface area contributed by atoms with Crippen LogP contribution < -0.4 is 4.74 Å². The maximum Gasteiger partial charge on any atom is 0.133 e. The van der Waals surface area contributed by atoms with Gasteiger partial charge in [-0.15, -0.1) is 0 Å². The van der Waals surface area contributed by atoms with E-state index in [1.807, 2.05) is 42.8 Å². The summed E-state index contributed by atoms with van der Waals surface area (Å²) < 4.78 is 8.13. The zero-order chi connectivity index (χ0) is 13.3. The third kappa shape index (κ3) is 2.02. The zero-order valence-electron chi connectivity index (χ0n) is 10.5. The minimum absolute atomic E-state index is 0.708. The van der Waals surface area contributed by atoms with Crippen LogP contribution in [-0.4, -0.2) is 11.7 Å². The van der Waals surface area contributed by atoms with E-state index in [1.165, 1.54) is 0 Å². The van der Waals surface area contributed by atoms with Crippen molar-refractivity contribution < 1.29 is 4.74 Å². The van der Waals surface area contributed by atoms with E-state index in [0.29, 0.717) is 5.56 Å². The molecule has 0 bridgehead atoms. The van der Waals surface area contributed by atoms with Crippen molar-refractivity contribution in [2.75, 3.05) is 7.11 Å². The van der Waals surface area contributed by atoms with Gasteiger partial charge in [0.1, 0.15) is 11.8 Å². The number of rotatable bonds is 2. The Morgan fingerprint density at radius 3 is 2.56 bits per heavy atom. The maximum absolute atomic E-state index is 9.05. The molecule has 0 atom stereocenters. The fourth-order valence-corrected chi connectivity index (χ4v) is 2.46. The van der Waals surface area contributed by atoms with E-state index in [2.05, 4.69) is 22.0 Å². The Labute approximate surface area is 115 Å². The molecular weight excluding hydrogens is 292 g/mol. The second-order valence-corrected chi connectivity index (χ2v) is 4.90. The Kier molecular flexibility index (Phi) is 3.44. The Bertz CT molecular complexity index is 638. The van der Waals surface area contributed by atoms with Crippen LogP contribution >= 0.6 is 15.9 Å². The van der Waals surface area contributed by atoms with Crippen LogP contribution in [0, 0.1) is 18.3 Å². The molecule has 3 nitrogen and oxygen atoms in total. The number of aromatic nitrogens is 1. The normalized spacial score (nSPS) is 10.2. The van der Waals surface area contributed by atoms with E-state index in [-0.39, 0.29) is 0 Å². The largest absolute Gasteiger partial charge is 0.496 e. The third-order valence-electron chi connectivity index (χ3n) is 3.10. The molecule has 1 heterocycles. The molecule has 0 saturated carbocycles. The summed E-state index contributed by atoms with van der Waals surface area (Å²) in [6, 6.07) is 10.0. The molecule has 0 aliphatic heterocycles. The predicted molar refractivity (Wildman–Crippen MR) is 74.6 cm³/mol. The lowest BCUT2D eigenvalue weighted by Gasteiger charge is -2.08. The molecule has 0 aliphatic carbocycles. The standard InChI is InChI=1S/C14H13BrN2O/c1-9-11(8-16)7-13(17(9)2)10-4-5-14(18-3)12(15)6-10/h4-7H,1-3H3. The number of nitriles is 1. The second kappa shape index (κ2) is 4.87. The summed E-state index contributed by atoms with van der Waals surface area (Å²) in [6.07, 6.45) is 0. The molecule has 0 fully saturated rings. The van der Waals surface area contributed by atoms with Crippen molar-refractivity contribution >= 4 is 15.9 Å². The molecule has 2 rings (SSSR count). The third-order valence-corrected chi connectivity index (χ3v) is 3.72. The average molecular weight is 305 g/mol. The maximum atomic E-state index is 9.05. The number of nitrogens with zero attached hydrogens (tertiary/aromatic N) is 2. The molecule has 0 unspecified atom stereocenters. The quantitative estimate of drug-likeness (QED) is 0.849. The van der Waals surface area contributed by atoms with Gasteiger partial charge in [0.25, 0.3) is 0 Å². The van der Waals surface area contributed by atoms with Crippen molar-refractivity contribution in [2.45, 2.75) is 6.92 Å². The van der Waals surface area contributed by atoms with Gasteiger partial charge in [-0.1, -0.05) is 0 Å². The lowest BCUT2D eigenvalue weighted by atomic mass is 10.1. The van der Waals surface area contributed by atoms with E-state index in [4.69, 9.17) is 10.00 Å². The lowest BCUT2D eigenvalue weighted by molar-refractivity contribution is 0.412. The molecule has 0 radical (unpaired) electrons. The molecular formula is C14H13BrN2O. The first-order valence-corrected chi connectivity index (χ1v) is 6.28. The van der Waals surface area contributed by atoms with E-state index < -0.39 is 0 Å². The number of methoxy groups -OCH3 is 1. The predicted octanol–water partition coefficient (Wildman–Crippen LogP) is 3.64. The SMILES string of the molecule is COc1ccc(-c2cc(C#N)c(C)n2C)cc1Br. The molecule has 92 valence electrons. The van der Waals surface area contributed by atoms with Crippen molar-refractivity contribution in [2.24, 2.45) is 7.05 Å². The highest BCUT2D eigenvalue weighted by Gasteiger charge is 2.11. The van der Waals surface area contributed by atoms with Crippen LogP contribution in [0.5, 0.6) is 5.75 Å². The van der Waals surface area contributed by atoms with Crippen LogP contribution in [0.1, 0.15) is 11.3 Å². The number of hydrogen-bond donors (Lipinski definition) is 0. The summed E-state index contributed by atoms with van der Waals surface area (Å²) in [7, 11) is 3.60. The molecule has 18 heavy (non-hydrogen) atoms. The molecule has 1 aromatic carbocycles. The minimum Gasteiger partial charge on any atom is -0.496 e. The molecule has 0 aliphatic rings. The first-order valence-electron chi connectivity index (χ1n) is 5.48. The monoisotopic (exact) mass is 304 g/mol. The minimum atomic E-state index is 0.708. The van der Waals surface area contributed by atoms with E-state index in [9.17, 15) is 0 Å². The molecule has 0 N–H and O–H groups in total. The van der Waals surface area contributed by atoms with E-state index >= 15 is 0 Å². The Morgan fingerprint density at radius 1 is 1.33 bits per heavy atom. The van der Waals surface area contributed by atoms with Gasteiger partial charge >= 0.3 is 0 Å². The van der Waals surface area contributed by atoms with Crippen LogP contribution in [0.2, 0.25) is 0 Å². The Morgan fingerprint density at radius 2 is 2.06 bits per heavy atom. The lowest BCUT2D eigenvalue weighted by Crippen LogP contribution is -1.94. The van der Waals surface area contributed by atoms with Crippen LogP contribution in [0.4, 0.5) is 0 Å². The number of halogens is 1. The molecule has 1 aromatic heterocycles. The highest BCUT2D eigenvalue weighted by molar-refractivity contribution is 9.10. The molecule has 2 aromatic rings. The first kappa shape index (κ1) is 12.7. The molecule has 0 spiro atoms. The summed E-state index contributed by atoms with van der Waals surface area (Å²) >= 11 is 3.47. The average Bonchev–Trinajstić information content (AvgIpc) is 2.66. The fraction of sp³-hybridized carbons (Fsp3) is 0.214. The van der Waals surface area contributed by atoms with Crippen LogP contribution in [0.15, 0.2) is 28.7 Å². The van der Waals surface area contributed by atoms with Gasteiger partial charge in [-0.25, -0.2) is 0 Å². The molecule has 0 saturated heterocycles. The highest BCUT2D eigenvalue weighted by Crippen LogP contribution is 2.31. The summed E-state index contributed by atoms with van der Waals surface area (Å²) in [5, 5.41) is 9.05. The highest BCUT2D eigenvalue weighted by atomic mass is 79.9. The second-order valence-electron chi connectivity index (χ2n) is 4.05. The summed E-state index contributed by atoms with van der Waals surface area (Å²) in [5.41, 5.74) is 3.75. The zero-order valence-corrected chi connectivity index (χ0v) is 12.1. The summed E-state index contributed by atoms with van der Waals surface area (Å²) in [5.74, 6) is 0.796. The van der Waals surface area contributed by atoms with E-state index in [1.54, 1.807) is 7.11 Å². The van der Waals surface area contributed by atoms with Crippen molar-refractivity contribution in [3.05, 3.63) is 40.0 Å². The number of ether oxygens (including phenoxy) is 1. The van der Waals surface area contributed by atoms with Gasteiger partial charge < -0.3 is 9.30 Å². The molecule has 0 amide bonds. The van der Waals surface area contributed by atoms with Gasteiger partial charge in [0.2, 0.25) is 0 Å². The van der Waals surface area contributed by atoms with Gasteiger partial charge in [0.05, 0.1) is 17.1 Å². The van der Waals surface area contributed by atoms with Gasteiger partial charge in [0, 0.05) is 18.4 Å². The van der Waals surface area contributed by atoms with Gasteiger partial charge in [-0.2, -0.15) is 5.26 Å². The van der Waals surface area contributed by atoms with Crippen molar-refractivity contribution in [3.8, 4) is 23.1 Å². The molecule has 4 heteroatoms. The smallest absolute Gasteiger partial charge is 0.133 e. The summed E-state index contributed by atoms with van der Waals surface area (Å²) in [4.78, 5) is 0. The van der Waals surface area contributed by atoms with E-state index in [0.717, 1.165) is 27.2 Å².